The molecule has 0 radical (unpaired) electrons. The van der Waals surface area contributed by atoms with Gasteiger partial charge in [-0.1, -0.05) is 59.0 Å². The first-order valence-corrected chi connectivity index (χ1v) is 9.34. The summed E-state index contributed by atoms with van der Waals surface area (Å²) in [5.74, 6) is -0.0963. The Kier molecular flexibility index (Phi) is 5.38. The smallest absolute Gasteiger partial charge is 0.343 e. The lowest BCUT2D eigenvalue weighted by Crippen LogP contribution is -2.53. The molecule has 5 heteroatoms. The number of aliphatic hydroxyl groups is 1. The lowest BCUT2D eigenvalue weighted by molar-refractivity contribution is -0.181. The van der Waals surface area contributed by atoms with E-state index in [2.05, 4.69) is 27.5 Å². The van der Waals surface area contributed by atoms with Crippen molar-refractivity contribution in [2.45, 2.75) is 31.0 Å². The number of carbonyl (C=O) groups excluding carboxylic acids is 1. The van der Waals surface area contributed by atoms with Crippen molar-refractivity contribution in [3.63, 3.8) is 0 Å². The van der Waals surface area contributed by atoms with E-state index < -0.39 is 11.6 Å². The van der Waals surface area contributed by atoms with Gasteiger partial charge in [0.2, 0.25) is 0 Å². The predicted octanol–water partition coefficient (Wildman–Crippen LogP) is 2.85. The molecule has 1 N–H and O–H groups in total. The van der Waals surface area contributed by atoms with Gasteiger partial charge < -0.3 is 9.84 Å². The standard InChI is InChI=1S/C18H22INO3/c19-10-4-9-18(22,15-5-2-1-3-6-15)17(21)23-16-13-20-11-7-14(16)8-12-20/h1-6,10,14,16,22H,7-9,11-13H2/b10-4-/t16-,18+/m0/s1. The molecule has 0 saturated carbocycles. The van der Waals surface area contributed by atoms with Crippen LogP contribution in [0.2, 0.25) is 0 Å². The van der Waals surface area contributed by atoms with E-state index in [-0.39, 0.29) is 12.5 Å². The number of hydrogen-bond acceptors (Lipinski definition) is 4. The molecule has 4 rings (SSSR count). The van der Waals surface area contributed by atoms with E-state index >= 15 is 0 Å². The minimum atomic E-state index is -1.62. The number of piperidine rings is 3. The normalized spacial score (nSPS) is 29.4. The summed E-state index contributed by atoms with van der Waals surface area (Å²) in [4.78, 5) is 15.1. The molecule has 3 aliphatic rings. The zero-order valence-electron chi connectivity index (χ0n) is 13.0. The maximum atomic E-state index is 12.8. The molecule has 3 saturated heterocycles. The van der Waals surface area contributed by atoms with Crippen LogP contribution in [-0.4, -0.2) is 41.7 Å². The summed E-state index contributed by atoms with van der Waals surface area (Å²) in [6.45, 7) is 2.99. The molecule has 124 valence electrons. The molecule has 2 bridgehead atoms. The Bertz CT molecular complexity index is 569. The molecule has 0 unspecified atom stereocenters. The summed E-state index contributed by atoms with van der Waals surface area (Å²) in [7, 11) is 0. The quantitative estimate of drug-likeness (QED) is 0.580. The Hall–Kier alpha value is -0.920. The van der Waals surface area contributed by atoms with E-state index in [1.54, 1.807) is 18.2 Å². The summed E-state index contributed by atoms with van der Waals surface area (Å²) >= 11 is 2.09. The molecule has 0 aliphatic carbocycles. The summed E-state index contributed by atoms with van der Waals surface area (Å²) in [5.41, 5.74) is -1.03. The summed E-state index contributed by atoms with van der Waals surface area (Å²) in [5, 5.41) is 11.0. The fraction of sp³-hybridized carbons (Fsp3) is 0.500. The van der Waals surface area contributed by atoms with E-state index in [1.807, 2.05) is 22.3 Å². The number of halogens is 1. The largest absolute Gasteiger partial charge is 0.458 e. The topological polar surface area (TPSA) is 49.8 Å². The summed E-state index contributed by atoms with van der Waals surface area (Å²) < 4.78 is 7.59. The molecule has 3 aliphatic heterocycles. The molecule has 3 fully saturated rings. The fourth-order valence-electron chi connectivity index (χ4n) is 3.53. The zero-order valence-corrected chi connectivity index (χ0v) is 15.2. The van der Waals surface area contributed by atoms with Gasteiger partial charge in [-0.15, -0.1) is 0 Å². The number of fused-ring (bicyclic) bond motifs is 3. The average Bonchev–Trinajstić information content (AvgIpc) is 2.61. The zero-order chi connectivity index (χ0) is 16.3. The number of nitrogens with zero attached hydrogens (tertiary/aromatic N) is 1. The van der Waals surface area contributed by atoms with Crippen LogP contribution in [0.25, 0.3) is 0 Å². The number of hydrogen-bond donors (Lipinski definition) is 1. The molecule has 4 nitrogen and oxygen atoms in total. The molecular weight excluding hydrogens is 405 g/mol. The highest BCUT2D eigenvalue weighted by Crippen LogP contribution is 2.33. The highest BCUT2D eigenvalue weighted by molar-refractivity contribution is 14.1. The van der Waals surface area contributed by atoms with Gasteiger partial charge >= 0.3 is 5.97 Å². The highest BCUT2D eigenvalue weighted by Gasteiger charge is 2.43. The third-order valence-electron chi connectivity index (χ3n) is 4.95. The van der Waals surface area contributed by atoms with E-state index in [9.17, 15) is 9.90 Å². The molecule has 3 heterocycles. The monoisotopic (exact) mass is 427 g/mol. The first kappa shape index (κ1) is 16.9. The molecular formula is C18H22INO3. The molecule has 0 amide bonds. The summed E-state index contributed by atoms with van der Waals surface area (Å²) in [6, 6.07) is 9.08. The maximum Gasteiger partial charge on any atom is 0.343 e. The van der Waals surface area contributed by atoms with Crippen molar-refractivity contribution in [3.05, 3.63) is 46.1 Å². The van der Waals surface area contributed by atoms with E-state index in [0.717, 1.165) is 32.5 Å². The van der Waals surface area contributed by atoms with Crippen molar-refractivity contribution >= 4 is 28.6 Å². The van der Waals surface area contributed by atoms with Gasteiger partial charge in [-0.05, 0) is 41.5 Å². The van der Waals surface area contributed by atoms with Crippen molar-refractivity contribution in [2.24, 2.45) is 5.92 Å². The first-order valence-electron chi connectivity index (χ1n) is 8.10. The van der Waals surface area contributed by atoms with Crippen LogP contribution in [0.1, 0.15) is 24.8 Å². The Balaban J connectivity index is 1.78. The van der Waals surface area contributed by atoms with Gasteiger partial charge in [-0.2, -0.15) is 0 Å². The minimum Gasteiger partial charge on any atom is -0.458 e. The van der Waals surface area contributed by atoms with Crippen molar-refractivity contribution in [1.29, 1.82) is 0 Å². The Morgan fingerprint density at radius 2 is 2.04 bits per heavy atom. The van der Waals surface area contributed by atoms with E-state index in [1.165, 1.54) is 0 Å². The van der Waals surface area contributed by atoms with E-state index in [4.69, 9.17) is 4.74 Å². The van der Waals surface area contributed by atoms with Crippen LogP contribution in [0, 0.1) is 5.92 Å². The molecule has 1 aromatic rings. The molecule has 23 heavy (non-hydrogen) atoms. The number of esters is 1. The highest BCUT2D eigenvalue weighted by atomic mass is 127. The van der Waals surface area contributed by atoms with Gasteiger partial charge in [0, 0.05) is 13.0 Å². The van der Waals surface area contributed by atoms with Crippen LogP contribution in [0.4, 0.5) is 0 Å². The second-order valence-electron chi connectivity index (χ2n) is 6.37. The van der Waals surface area contributed by atoms with Crippen molar-refractivity contribution in [2.75, 3.05) is 19.6 Å². The van der Waals surface area contributed by atoms with Crippen molar-refractivity contribution in [3.8, 4) is 0 Å². The van der Waals surface area contributed by atoms with Crippen LogP contribution >= 0.6 is 22.6 Å². The SMILES string of the molecule is O=C(O[C@H]1CN2CCC1CC2)[C@@](O)(C/C=C\I)c1ccccc1. The molecule has 1 aromatic carbocycles. The third kappa shape index (κ3) is 3.61. The fourth-order valence-corrected chi connectivity index (χ4v) is 3.78. The van der Waals surface area contributed by atoms with Gasteiger partial charge in [0.25, 0.3) is 0 Å². The first-order chi connectivity index (χ1) is 11.1. The number of ether oxygens (including phenoxy) is 1. The average molecular weight is 427 g/mol. The lowest BCUT2D eigenvalue weighted by Gasteiger charge is -2.44. The van der Waals surface area contributed by atoms with Crippen LogP contribution in [-0.2, 0) is 15.1 Å². The molecule has 0 aromatic heterocycles. The molecule has 2 atom stereocenters. The van der Waals surface area contributed by atoms with Crippen molar-refractivity contribution < 1.29 is 14.6 Å². The van der Waals surface area contributed by atoms with Crippen LogP contribution in [0.15, 0.2) is 40.5 Å². The number of rotatable bonds is 5. The predicted molar refractivity (Wildman–Crippen MR) is 97.2 cm³/mol. The Labute approximate surface area is 150 Å². The second-order valence-corrected chi connectivity index (χ2v) is 7.09. The van der Waals surface area contributed by atoms with Gasteiger partial charge in [0.15, 0.2) is 5.60 Å². The van der Waals surface area contributed by atoms with Gasteiger partial charge in [0.1, 0.15) is 6.10 Å². The lowest BCUT2D eigenvalue weighted by atomic mass is 9.85. The van der Waals surface area contributed by atoms with Crippen LogP contribution in [0.3, 0.4) is 0 Å². The number of benzene rings is 1. The summed E-state index contributed by atoms with van der Waals surface area (Å²) in [6.07, 6.45) is 4.08. The molecule has 0 spiro atoms. The third-order valence-corrected chi connectivity index (χ3v) is 5.45. The minimum absolute atomic E-state index is 0.0937. The Morgan fingerprint density at radius 1 is 1.35 bits per heavy atom. The number of carbonyl (C=O) groups is 1. The maximum absolute atomic E-state index is 12.8. The van der Waals surface area contributed by atoms with Gasteiger partial charge in [0.05, 0.1) is 0 Å². The van der Waals surface area contributed by atoms with E-state index in [0.29, 0.717) is 11.5 Å². The van der Waals surface area contributed by atoms with Crippen LogP contribution < -0.4 is 0 Å². The van der Waals surface area contributed by atoms with Crippen molar-refractivity contribution in [1.82, 2.24) is 4.90 Å². The van der Waals surface area contributed by atoms with Gasteiger partial charge in [-0.25, -0.2) is 4.79 Å². The second kappa shape index (κ2) is 7.32. The van der Waals surface area contributed by atoms with Gasteiger partial charge in [-0.3, -0.25) is 4.90 Å². The Morgan fingerprint density at radius 3 is 2.61 bits per heavy atom. The van der Waals surface area contributed by atoms with Crippen LogP contribution in [0.5, 0.6) is 0 Å².